The number of ether oxygens (including phenoxy) is 1. The number of hydrogen-bond acceptors (Lipinski definition) is 8. The van der Waals surface area contributed by atoms with Gasteiger partial charge in [0, 0.05) is 28.3 Å². The lowest BCUT2D eigenvalue weighted by atomic mass is 9.99. The molecule has 1 amide bonds. The van der Waals surface area contributed by atoms with Crippen molar-refractivity contribution in [1.82, 2.24) is 5.32 Å². The summed E-state index contributed by atoms with van der Waals surface area (Å²) < 4.78 is 5.45. The van der Waals surface area contributed by atoms with Crippen LogP contribution in [0.3, 0.4) is 0 Å². The van der Waals surface area contributed by atoms with E-state index in [1.807, 2.05) is 12.1 Å². The maximum Gasteiger partial charge on any atom is 0.222 e. The van der Waals surface area contributed by atoms with Gasteiger partial charge in [0.15, 0.2) is 17.3 Å². The molecule has 3 aromatic carbocycles. The normalized spacial score (nSPS) is 16.8. The van der Waals surface area contributed by atoms with Gasteiger partial charge in [-0.15, -0.1) is 0 Å². The average Bonchev–Trinajstić information content (AvgIpc) is 3.04. The number of amidine groups is 1. The predicted octanol–water partition coefficient (Wildman–Crippen LogP) is 3.58. The Morgan fingerprint density at radius 1 is 1.21 bits per heavy atom. The molecule has 6 N–H and O–H groups in total. The Morgan fingerprint density at radius 2 is 1.95 bits per heavy atom. The number of hydrogen-bond donors (Lipinski definition) is 5. The number of para-hydroxylation sites is 1. The quantitative estimate of drug-likeness (QED) is 0.175. The number of nitrogens with two attached hydrogens (primary N) is 1. The van der Waals surface area contributed by atoms with E-state index in [9.17, 15) is 20.2 Å². The van der Waals surface area contributed by atoms with Gasteiger partial charge in [-0.1, -0.05) is 41.0 Å². The molecule has 2 atom stereocenters. The summed E-state index contributed by atoms with van der Waals surface area (Å²) in [6.45, 7) is 1.70. The molecule has 3 aromatic rings. The lowest BCUT2D eigenvalue weighted by Gasteiger charge is -2.31. The number of methoxy groups -OCH3 is 1. The van der Waals surface area contributed by atoms with Gasteiger partial charge >= 0.3 is 0 Å². The van der Waals surface area contributed by atoms with E-state index in [1.165, 1.54) is 6.07 Å². The molecule has 0 radical (unpaired) electrons. The summed E-state index contributed by atoms with van der Waals surface area (Å²) in [6.07, 6.45) is -0.827. The number of carbonyl (C=O) groups excluding carboxylic acids is 1. The summed E-state index contributed by atoms with van der Waals surface area (Å²) in [5.74, 6) is -0.347. The summed E-state index contributed by atoms with van der Waals surface area (Å²) in [4.78, 5) is 19.6. The van der Waals surface area contributed by atoms with E-state index in [4.69, 9.17) is 27.1 Å². The van der Waals surface area contributed by atoms with Gasteiger partial charge < -0.3 is 36.1 Å². The Kier molecular flexibility index (Phi) is 8.04. The zero-order valence-electron chi connectivity index (χ0n) is 20.8. The minimum Gasteiger partial charge on any atom is -0.504 e. The summed E-state index contributed by atoms with van der Waals surface area (Å²) in [7, 11) is 1.55. The van der Waals surface area contributed by atoms with Crippen LogP contribution in [-0.4, -0.2) is 52.2 Å². The van der Waals surface area contributed by atoms with Crippen LogP contribution in [-0.2, 0) is 11.3 Å². The highest BCUT2D eigenvalue weighted by Gasteiger charge is 2.34. The van der Waals surface area contributed by atoms with Crippen LogP contribution < -0.4 is 20.7 Å². The smallest absolute Gasteiger partial charge is 0.222 e. The fraction of sp³-hybridized carbons (Fsp3) is 0.222. The first kappa shape index (κ1) is 26.8. The van der Waals surface area contributed by atoms with Crippen molar-refractivity contribution in [2.75, 3.05) is 12.0 Å². The van der Waals surface area contributed by atoms with Crippen molar-refractivity contribution in [3.63, 3.8) is 0 Å². The Balaban J connectivity index is 1.76. The highest BCUT2D eigenvalue weighted by atomic mass is 35.5. The van der Waals surface area contributed by atoms with Crippen molar-refractivity contribution in [3.05, 3.63) is 82.4 Å². The second-order valence-corrected chi connectivity index (χ2v) is 9.15. The summed E-state index contributed by atoms with van der Waals surface area (Å²) in [6, 6.07) is 16.0. The molecule has 0 aliphatic carbocycles. The molecular weight excluding hydrogens is 510 g/mol. The van der Waals surface area contributed by atoms with E-state index in [2.05, 4.69) is 10.5 Å². The molecule has 4 rings (SSSR count). The van der Waals surface area contributed by atoms with E-state index in [0.717, 1.165) is 5.56 Å². The first-order chi connectivity index (χ1) is 18.2. The molecule has 0 saturated carbocycles. The summed E-state index contributed by atoms with van der Waals surface area (Å²) >= 11 is 6.12. The maximum absolute atomic E-state index is 13.0. The zero-order chi connectivity index (χ0) is 27.4. The topological polar surface area (TPSA) is 153 Å². The molecule has 0 spiro atoms. The van der Waals surface area contributed by atoms with Crippen LogP contribution in [0.2, 0.25) is 5.02 Å². The predicted molar refractivity (Wildman–Crippen MR) is 145 cm³/mol. The van der Waals surface area contributed by atoms with E-state index in [1.54, 1.807) is 61.4 Å². The van der Waals surface area contributed by atoms with Gasteiger partial charge in [-0.05, 0) is 43.3 Å². The molecule has 1 heterocycles. The van der Waals surface area contributed by atoms with Crippen molar-refractivity contribution in [2.24, 2.45) is 15.9 Å². The number of halogens is 1. The van der Waals surface area contributed by atoms with Gasteiger partial charge in [0.1, 0.15) is 11.8 Å². The summed E-state index contributed by atoms with van der Waals surface area (Å²) in [5.41, 5.74) is 9.22. The van der Waals surface area contributed by atoms with Gasteiger partial charge in [0.05, 0.1) is 31.1 Å². The molecule has 38 heavy (non-hydrogen) atoms. The van der Waals surface area contributed by atoms with Crippen molar-refractivity contribution >= 4 is 34.7 Å². The molecule has 198 valence electrons. The first-order valence-electron chi connectivity index (χ1n) is 11.8. The fourth-order valence-corrected chi connectivity index (χ4v) is 4.41. The molecule has 2 unspecified atom stereocenters. The van der Waals surface area contributed by atoms with E-state index in [-0.39, 0.29) is 30.3 Å². The van der Waals surface area contributed by atoms with Crippen molar-refractivity contribution < 1.29 is 25.0 Å². The molecule has 1 aliphatic heterocycles. The Labute approximate surface area is 224 Å². The summed E-state index contributed by atoms with van der Waals surface area (Å²) in [5, 5.41) is 36.7. The van der Waals surface area contributed by atoms with Gasteiger partial charge in [-0.25, -0.2) is 0 Å². The minimum atomic E-state index is -0.923. The maximum atomic E-state index is 13.0. The van der Waals surface area contributed by atoms with Crippen molar-refractivity contribution in [1.29, 1.82) is 0 Å². The van der Waals surface area contributed by atoms with E-state index < -0.39 is 18.1 Å². The van der Waals surface area contributed by atoms with E-state index >= 15 is 0 Å². The molecule has 10 nitrogen and oxygen atoms in total. The number of carbonyl (C=O) groups is 1. The number of nitrogens with zero attached hydrogens (tertiary/aromatic N) is 3. The molecule has 11 heteroatoms. The fourth-order valence-electron chi connectivity index (χ4n) is 4.29. The van der Waals surface area contributed by atoms with Crippen LogP contribution in [0.5, 0.6) is 17.2 Å². The molecule has 0 saturated heterocycles. The van der Waals surface area contributed by atoms with Crippen LogP contribution >= 0.6 is 11.6 Å². The molecular formula is C27H28ClN5O5. The SMILES string of the molecule is COc1ccc2c(c1)C(c1ccc(Cl)cc1)=NC(CC(=O)NCc1cccc(O)c1O)/C(=N/O)N2C(C)N. The van der Waals surface area contributed by atoms with Crippen LogP contribution in [0.15, 0.2) is 70.8 Å². The minimum absolute atomic E-state index is 0.0282. The van der Waals surface area contributed by atoms with Crippen LogP contribution in [0, 0.1) is 0 Å². The zero-order valence-corrected chi connectivity index (χ0v) is 21.6. The third-order valence-electron chi connectivity index (χ3n) is 6.13. The molecule has 0 bridgehead atoms. The number of benzodiazepines with no additional fused rings is 1. The monoisotopic (exact) mass is 537 g/mol. The lowest BCUT2D eigenvalue weighted by Crippen LogP contribution is -2.49. The number of aromatic hydroxyl groups is 2. The second kappa shape index (κ2) is 11.4. The highest BCUT2D eigenvalue weighted by molar-refractivity contribution is 6.31. The second-order valence-electron chi connectivity index (χ2n) is 8.72. The number of fused-ring (bicyclic) bond motifs is 1. The Hall–Kier alpha value is -4.28. The van der Waals surface area contributed by atoms with Gasteiger partial charge in [-0.2, -0.15) is 0 Å². The number of amides is 1. The average molecular weight is 538 g/mol. The number of rotatable bonds is 7. The lowest BCUT2D eigenvalue weighted by molar-refractivity contribution is -0.121. The number of oxime groups is 1. The van der Waals surface area contributed by atoms with Crippen molar-refractivity contribution in [3.8, 4) is 17.2 Å². The number of phenolic OH excluding ortho intramolecular Hbond substituents is 2. The largest absolute Gasteiger partial charge is 0.504 e. The molecule has 1 aliphatic rings. The van der Waals surface area contributed by atoms with Gasteiger partial charge in [-0.3, -0.25) is 9.79 Å². The third-order valence-corrected chi connectivity index (χ3v) is 6.38. The van der Waals surface area contributed by atoms with Crippen LogP contribution in [0.4, 0.5) is 5.69 Å². The number of phenols is 2. The highest BCUT2D eigenvalue weighted by Crippen LogP contribution is 2.34. The number of anilines is 1. The Morgan fingerprint density at radius 3 is 2.61 bits per heavy atom. The van der Waals surface area contributed by atoms with Crippen molar-refractivity contribution in [2.45, 2.75) is 32.1 Å². The Bertz CT molecular complexity index is 1390. The molecule has 0 aromatic heterocycles. The number of aliphatic imine (C=N–C) groups is 1. The first-order valence-corrected chi connectivity index (χ1v) is 12.2. The number of benzene rings is 3. The van der Waals surface area contributed by atoms with Crippen LogP contribution in [0.25, 0.3) is 0 Å². The number of nitrogens with one attached hydrogen (secondary N) is 1. The van der Waals surface area contributed by atoms with E-state index in [0.29, 0.717) is 33.3 Å². The standard InChI is InChI=1S/C27H28ClN5O5/c1-15(29)33-22-11-10-19(38-2)12-20(22)25(16-6-8-18(28)9-7-16)31-21(27(33)32-37)13-24(35)30-14-17-4-3-5-23(34)26(17)36/h3-12,15,21,34,36-37H,13-14,29H2,1-2H3,(H,30,35)/b32-27-. The van der Waals surface area contributed by atoms with Gasteiger partial charge in [0.25, 0.3) is 0 Å². The van der Waals surface area contributed by atoms with Crippen LogP contribution in [0.1, 0.15) is 30.0 Å². The van der Waals surface area contributed by atoms with Gasteiger partial charge in [0.2, 0.25) is 5.91 Å². The molecule has 0 fully saturated rings. The third kappa shape index (κ3) is 5.51.